The second-order valence-corrected chi connectivity index (χ2v) is 5.52. The molecular weight excluding hydrogens is 290 g/mol. The third kappa shape index (κ3) is 3.83. The highest BCUT2D eigenvalue weighted by atomic mass is 35.5. The molecule has 114 valence electrons. The zero-order valence-corrected chi connectivity index (χ0v) is 13.0. The van der Waals surface area contributed by atoms with Gasteiger partial charge in [0.25, 0.3) is 5.91 Å². The van der Waals surface area contributed by atoms with E-state index < -0.39 is 0 Å². The van der Waals surface area contributed by atoms with E-state index in [1.54, 1.807) is 11.0 Å². The summed E-state index contributed by atoms with van der Waals surface area (Å²) in [6.07, 6.45) is 2.95. The lowest BCUT2D eigenvalue weighted by Crippen LogP contribution is -2.37. The number of carbonyl (C=O) groups excluding carboxylic acids is 2. The van der Waals surface area contributed by atoms with Crippen LogP contribution in [0.4, 0.5) is 5.69 Å². The number of ether oxygens (including phenoxy) is 1. The van der Waals surface area contributed by atoms with Crippen molar-refractivity contribution in [2.24, 2.45) is 0 Å². The van der Waals surface area contributed by atoms with Gasteiger partial charge in [-0.2, -0.15) is 0 Å². The van der Waals surface area contributed by atoms with E-state index in [0.29, 0.717) is 30.8 Å². The van der Waals surface area contributed by atoms with Gasteiger partial charge < -0.3 is 9.64 Å². The molecule has 1 heterocycles. The number of anilines is 1. The fourth-order valence-corrected chi connectivity index (χ4v) is 2.74. The standard InChI is InChI=1S/C16H20ClNO3/c1-21-11-16(20)18-9-3-4-12-10-13(6-7-14(12)18)15(19)5-2-8-17/h6-7,10H,2-5,8-9,11H2,1H3. The Bertz CT molecular complexity index is 530. The van der Waals surface area contributed by atoms with Gasteiger partial charge in [0.15, 0.2) is 5.78 Å². The minimum Gasteiger partial charge on any atom is -0.375 e. The molecule has 5 heteroatoms. The molecule has 0 aliphatic carbocycles. The Morgan fingerprint density at radius 1 is 1.38 bits per heavy atom. The predicted octanol–water partition coefficient (Wildman–Crippen LogP) is 2.81. The maximum absolute atomic E-state index is 12.0. The molecule has 0 atom stereocenters. The molecule has 2 rings (SSSR count). The van der Waals surface area contributed by atoms with Crippen LogP contribution in [-0.2, 0) is 16.0 Å². The summed E-state index contributed by atoms with van der Waals surface area (Å²) in [6, 6.07) is 5.59. The quantitative estimate of drug-likeness (QED) is 0.599. The van der Waals surface area contributed by atoms with Gasteiger partial charge in [0.2, 0.25) is 0 Å². The topological polar surface area (TPSA) is 46.6 Å². The van der Waals surface area contributed by atoms with Gasteiger partial charge in [-0.3, -0.25) is 9.59 Å². The number of nitrogens with zero attached hydrogens (tertiary/aromatic N) is 1. The highest BCUT2D eigenvalue weighted by Gasteiger charge is 2.23. The van der Waals surface area contributed by atoms with Crippen molar-refractivity contribution in [3.05, 3.63) is 29.3 Å². The minimum atomic E-state index is -0.0420. The van der Waals surface area contributed by atoms with Crippen molar-refractivity contribution in [1.82, 2.24) is 0 Å². The van der Waals surface area contributed by atoms with Crippen LogP contribution in [0.2, 0.25) is 0 Å². The molecule has 1 aliphatic rings. The van der Waals surface area contributed by atoms with Gasteiger partial charge in [0.05, 0.1) is 0 Å². The van der Waals surface area contributed by atoms with Crippen molar-refractivity contribution in [2.75, 3.05) is 31.0 Å². The molecule has 1 aliphatic heterocycles. The summed E-state index contributed by atoms with van der Waals surface area (Å²) in [7, 11) is 1.52. The first kappa shape index (κ1) is 16.0. The van der Waals surface area contributed by atoms with Gasteiger partial charge >= 0.3 is 0 Å². The number of halogens is 1. The average molecular weight is 310 g/mol. The molecule has 1 aromatic rings. The third-order valence-electron chi connectivity index (χ3n) is 3.63. The third-order valence-corrected chi connectivity index (χ3v) is 3.89. The number of alkyl halides is 1. The summed E-state index contributed by atoms with van der Waals surface area (Å²) < 4.78 is 4.92. The molecule has 0 unspecified atom stereocenters. The monoisotopic (exact) mass is 309 g/mol. The van der Waals surface area contributed by atoms with Gasteiger partial charge in [0, 0.05) is 37.2 Å². The molecule has 0 spiro atoms. The SMILES string of the molecule is COCC(=O)N1CCCc2cc(C(=O)CCCCl)ccc21. The van der Waals surface area contributed by atoms with Crippen LogP contribution in [-0.4, -0.2) is 37.8 Å². The molecule has 0 saturated heterocycles. The van der Waals surface area contributed by atoms with Gasteiger partial charge in [-0.1, -0.05) is 0 Å². The van der Waals surface area contributed by atoms with E-state index in [9.17, 15) is 9.59 Å². The second kappa shape index (κ2) is 7.57. The zero-order chi connectivity index (χ0) is 15.2. The molecule has 1 aromatic carbocycles. The fourth-order valence-electron chi connectivity index (χ4n) is 2.60. The zero-order valence-electron chi connectivity index (χ0n) is 12.2. The minimum absolute atomic E-state index is 0.0420. The normalized spacial score (nSPS) is 13.9. The predicted molar refractivity (Wildman–Crippen MR) is 83.3 cm³/mol. The summed E-state index contributed by atoms with van der Waals surface area (Å²) in [5.41, 5.74) is 2.67. The van der Waals surface area contributed by atoms with E-state index in [-0.39, 0.29) is 18.3 Å². The van der Waals surface area contributed by atoms with Crippen LogP contribution in [0.3, 0.4) is 0 Å². The molecule has 0 fully saturated rings. The van der Waals surface area contributed by atoms with Gasteiger partial charge in [-0.15, -0.1) is 11.6 Å². The lowest BCUT2D eigenvalue weighted by Gasteiger charge is -2.29. The number of hydrogen-bond donors (Lipinski definition) is 0. The van der Waals surface area contributed by atoms with E-state index in [2.05, 4.69) is 0 Å². The Labute approximate surface area is 130 Å². The van der Waals surface area contributed by atoms with Crippen LogP contribution in [0.15, 0.2) is 18.2 Å². The number of aryl methyl sites for hydroxylation is 1. The molecule has 0 aromatic heterocycles. The number of rotatable bonds is 6. The van der Waals surface area contributed by atoms with Crippen LogP contribution in [0.25, 0.3) is 0 Å². The highest BCUT2D eigenvalue weighted by Crippen LogP contribution is 2.28. The van der Waals surface area contributed by atoms with E-state index in [4.69, 9.17) is 16.3 Å². The largest absolute Gasteiger partial charge is 0.375 e. The van der Waals surface area contributed by atoms with Gasteiger partial charge in [-0.05, 0) is 43.0 Å². The number of Topliss-reactive ketones (excluding diaryl/α,β-unsaturated/α-hetero) is 1. The number of benzene rings is 1. The maximum Gasteiger partial charge on any atom is 0.252 e. The van der Waals surface area contributed by atoms with E-state index in [0.717, 1.165) is 24.1 Å². The Morgan fingerprint density at radius 2 is 2.19 bits per heavy atom. The van der Waals surface area contributed by atoms with Crippen molar-refractivity contribution >= 4 is 29.0 Å². The van der Waals surface area contributed by atoms with Gasteiger partial charge in [-0.25, -0.2) is 0 Å². The average Bonchev–Trinajstić information content (AvgIpc) is 2.51. The number of hydrogen-bond acceptors (Lipinski definition) is 3. The van der Waals surface area contributed by atoms with Crippen LogP contribution < -0.4 is 4.90 Å². The molecule has 21 heavy (non-hydrogen) atoms. The molecule has 0 saturated carbocycles. The number of methoxy groups -OCH3 is 1. The Hall–Kier alpha value is -1.39. The number of amides is 1. The van der Waals surface area contributed by atoms with Crippen molar-refractivity contribution < 1.29 is 14.3 Å². The highest BCUT2D eigenvalue weighted by molar-refractivity contribution is 6.18. The first-order valence-electron chi connectivity index (χ1n) is 7.18. The molecular formula is C16H20ClNO3. The number of ketones is 1. The molecule has 0 radical (unpaired) electrons. The van der Waals surface area contributed by atoms with Crippen LogP contribution >= 0.6 is 11.6 Å². The van der Waals surface area contributed by atoms with Gasteiger partial charge in [0.1, 0.15) is 6.61 Å². The lowest BCUT2D eigenvalue weighted by molar-refractivity contribution is -0.122. The molecule has 1 amide bonds. The van der Waals surface area contributed by atoms with Crippen molar-refractivity contribution in [3.8, 4) is 0 Å². The first-order chi connectivity index (χ1) is 10.2. The van der Waals surface area contributed by atoms with Crippen molar-refractivity contribution in [1.29, 1.82) is 0 Å². The summed E-state index contributed by atoms with van der Waals surface area (Å²) >= 11 is 5.62. The second-order valence-electron chi connectivity index (χ2n) is 5.14. The number of fused-ring (bicyclic) bond motifs is 1. The fraction of sp³-hybridized carbons (Fsp3) is 0.500. The Morgan fingerprint density at radius 3 is 2.90 bits per heavy atom. The Kier molecular flexibility index (Phi) is 5.76. The summed E-state index contributed by atoms with van der Waals surface area (Å²) in [5, 5.41) is 0. The molecule has 0 bridgehead atoms. The van der Waals surface area contributed by atoms with E-state index >= 15 is 0 Å². The summed E-state index contributed by atoms with van der Waals surface area (Å²) in [5.74, 6) is 0.564. The smallest absolute Gasteiger partial charge is 0.252 e. The van der Waals surface area contributed by atoms with Crippen LogP contribution in [0, 0.1) is 0 Å². The van der Waals surface area contributed by atoms with E-state index in [1.807, 2.05) is 12.1 Å². The Balaban J connectivity index is 2.20. The van der Waals surface area contributed by atoms with Crippen LogP contribution in [0.1, 0.15) is 35.2 Å². The van der Waals surface area contributed by atoms with E-state index in [1.165, 1.54) is 7.11 Å². The number of carbonyl (C=O) groups is 2. The summed E-state index contributed by atoms with van der Waals surface area (Å²) in [4.78, 5) is 25.8. The first-order valence-corrected chi connectivity index (χ1v) is 7.72. The maximum atomic E-state index is 12.0. The molecule has 4 nitrogen and oxygen atoms in total. The van der Waals surface area contributed by atoms with Crippen LogP contribution in [0.5, 0.6) is 0 Å². The van der Waals surface area contributed by atoms with Crippen molar-refractivity contribution in [2.45, 2.75) is 25.7 Å². The lowest BCUT2D eigenvalue weighted by atomic mass is 9.96. The summed E-state index contributed by atoms with van der Waals surface area (Å²) in [6.45, 7) is 0.782. The van der Waals surface area contributed by atoms with Crippen molar-refractivity contribution in [3.63, 3.8) is 0 Å². The molecule has 0 N–H and O–H groups in total.